The van der Waals surface area contributed by atoms with Gasteiger partial charge in [-0.25, -0.2) is 9.37 Å². The third-order valence-corrected chi connectivity index (χ3v) is 3.78. The van der Waals surface area contributed by atoms with Gasteiger partial charge >= 0.3 is 0 Å². The molecular weight excluding hydrogens is 352 g/mol. The second-order valence-electron chi connectivity index (χ2n) is 3.21. The summed E-state index contributed by atoms with van der Waals surface area (Å²) in [6, 6.07) is 6.06. The summed E-state index contributed by atoms with van der Waals surface area (Å²) in [4.78, 5) is 4.20. The quantitative estimate of drug-likeness (QED) is 0.855. The Bertz CT molecular complexity index is 576. The van der Waals surface area contributed by atoms with Crippen LogP contribution in [0.15, 0.2) is 24.4 Å². The van der Waals surface area contributed by atoms with Crippen LogP contribution in [0.25, 0.3) is 0 Å². The maximum absolute atomic E-state index is 12.9. The van der Waals surface area contributed by atoms with Gasteiger partial charge in [-0.05, 0) is 40.8 Å². The topological polar surface area (TPSA) is 48.7 Å². The Morgan fingerprint density at radius 2 is 2.35 bits per heavy atom. The molecule has 0 atom stereocenters. The van der Waals surface area contributed by atoms with Crippen LogP contribution < -0.4 is 5.32 Å². The zero-order valence-corrected chi connectivity index (χ0v) is 11.5. The SMILES string of the molecule is N#Cc1cc(F)ccc1NCc1ncc(I)s1. The van der Waals surface area contributed by atoms with Crippen molar-refractivity contribution >= 4 is 39.6 Å². The number of hydrogen-bond donors (Lipinski definition) is 1. The molecule has 0 aliphatic heterocycles. The highest BCUT2D eigenvalue weighted by Crippen LogP contribution is 2.19. The van der Waals surface area contributed by atoms with Crippen molar-refractivity contribution in [1.82, 2.24) is 4.98 Å². The third kappa shape index (κ3) is 3.14. The second-order valence-corrected chi connectivity index (χ2v) is 6.22. The molecule has 0 saturated carbocycles. The fourth-order valence-corrected chi connectivity index (χ4v) is 2.79. The number of nitrogens with one attached hydrogen (secondary N) is 1. The molecular formula is C11H7FIN3S. The van der Waals surface area contributed by atoms with Crippen LogP contribution in [-0.2, 0) is 6.54 Å². The second kappa shape index (κ2) is 5.42. The largest absolute Gasteiger partial charge is 0.377 e. The number of anilines is 1. The number of thiazole rings is 1. The maximum Gasteiger partial charge on any atom is 0.124 e. The fraction of sp³-hybridized carbons (Fsp3) is 0.0909. The van der Waals surface area contributed by atoms with Gasteiger partial charge in [-0.3, -0.25) is 0 Å². The Hall–Kier alpha value is -1.20. The van der Waals surface area contributed by atoms with Gasteiger partial charge in [0, 0.05) is 0 Å². The molecule has 6 heteroatoms. The van der Waals surface area contributed by atoms with E-state index in [9.17, 15) is 4.39 Å². The summed E-state index contributed by atoms with van der Waals surface area (Å²) in [5.74, 6) is -0.407. The highest BCUT2D eigenvalue weighted by Gasteiger charge is 2.04. The van der Waals surface area contributed by atoms with E-state index in [0.717, 1.165) is 7.89 Å². The monoisotopic (exact) mass is 359 g/mol. The molecule has 3 nitrogen and oxygen atoms in total. The fourth-order valence-electron chi connectivity index (χ4n) is 1.30. The predicted octanol–water partition coefficient (Wildman–Crippen LogP) is 3.37. The highest BCUT2D eigenvalue weighted by atomic mass is 127. The van der Waals surface area contributed by atoms with Crippen LogP contribution in [0.1, 0.15) is 10.6 Å². The lowest BCUT2D eigenvalue weighted by Crippen LogP contribution is -2.01. The Labute approximate surface area is 115 Å². The van der Waals surface area contributed by atoms with Crippen molar-refractivity contribution < 1.29 is 4.39 Å². The Balaban J connectivity index is 2.12. The summed E-state index contributed by atoms with van der Waals surface area (Å²) in [5, 5.41) is 12.9. The van der Waals surface area contributed by atoms with E-state index >= 15 is 0 Å². The maximum atomic E-state index is 12.9. The van der Waals surface area contributed by atoms with Crippen molar-refractivity contribution in [2.75, 3.05) is 5.32 Å². The molecule has 0 unspecified atom stereocenters. The Morgan fingerprint density at radius 1 is 1.53 bits per heavy atom. The zero-order chi connectivity index (χ0) is 12.3. The first kappa shape index (κ1) is 12.3. The van der Waals surface area contributed by atoms with Crippen molar-refractivity contribution in [1.29, 1.82) is 5.26 Å². The lowest BCUT2D eigenvalue weighted by Gasteiger charge is -2.05. The van der Waals surface area contributed by atoms with Crippen molar-refractivity contribution in [3.63, 3.8) is 0 Å². The number of nitrogens with zero attached hydrogens (tertiary/aromatic N) is 2. The van der Waals surface area contributed by atoms with E-state index in [1.165, 1.54) is 12.1 Å². The highest BCUT2D eigenvalue weighted by molar-refractivity contribution is 14.1. The van der Waals surface area contributed by atoms with Crippen molar-refractivity contribution in [3.05, 3.63) is 43.7 Å². The van der Waals surface area contributed by atoms with Gasteiger partial charge in [0.15, 0.2) is 0 Å². The molecule has 1 aromatic heterocycles. The van der Waals surface area contributed by atoms with Crippen molar-refractivity contribution in [3.8, 4) is 6.07 Å². The van der Waals surface area contributed by atoms with E-state index in [0.29, 0.717) is 17.8 Å². The minimum atomic E-state index is -0.407. The Morgan fingerprint density at radius 3 is 3.00 bits per heavy atom. The molecule has 1 heterocycles. The van der Waals surface area contributed by atoms with Crippen LogP contribution in [-0.4, -0.2) is 4.98 Å². The summed E-state index contributed by atoms with van der Waals surface area (Å²) < 4.78 is 14.0. The molecule has 0 radical (unpaired) electrons. The molecule has 1 N–H and O–H groups in total. The first-order chi connectivity index (χ1) is 8.19. The number of benzene rings is 1. The van der Waals surface area contributed by atoms with Crippen LogP contribution in [0.3, 0.4) is 0 Å². The minimum absolute atomic E-state index is 0.302. The van der Waals surface area contributed by atoms with Crippen LogP contribution in [0.2, 0.25) is 0 Å². The number of hydrogen-bond acceptors (Lipinski definition) is 4. The molecule has 0 aliphatic carbocycles. The van der Waals surface area contributed by atoms with Gasteiger partial charge in [0.1, 0.15) is 16.9 Å². The van der Waals surface area contributed by atoms with E-state index in [4.69, 9.17) is 5.26 Å². The molecule has 0 spiro atoms. The van der Waals surface area contributed by atoms with Gasteiger partial charge < -0.3 is 5.32 Å². The molecule has 2 rings (SSSR count). The predicted molar refractivity (Wildman–Crippen MR) is 73.3 cm³/mol. The average molecular weight is 359 g/mol. The van der Waals surface area contributed by atoms with Gasteiger partial charge in [0.25, 0.3) is 0 Å². The molecule has 86 valence electrons. The zero-order valence-electron chi connectivity index (χ0n) is 8.58. The minimum Gasteiger partial charge on any atom is -0.377 e. The number of aromatic nitrogens is 1. The van der Waals surface area contributed by atoms with E-state index in [2.05, 4.69) is 32.9 Å². The Kier molecular flexibility index (Phi) is 3.91. The summed E-state index contributed by atoms with van der Waals surface area (Å²) in [6.45, 7) is 0.536. The lowest BCUT2D eigenvalue weighted by atomic mass is 10.2. The van der Waals surface area contributed by atoms with Gasteiger partial charge in [0.05, 0.1) is 26.9 Å². The molecule has 0 saturated heterocycles. The molecule has 0 aliphatic rings. The molecule has 17 heavy (non-hydrogen) atoms. The molecule has 2 aromatic rings. The van der Waals surface area contributed by atoms with Gasteiger partial charge in [-0.15, -0.1) is 11.3 Å². The normalized spacial score (nSPS) is 9.94. The number of nitriles is 1. The van der Waals surface area contributed by atoms with Crippen molar-refractivity contribution in [2.24, 2.45) is 0 Å². The van der Waals surface area contributed by atoms with E-state index in [1.807, 2.05) is 6.07 Å². The summed E-state index contributed by atoms with van der Waals surface area (Å²) >= 11 is 3.78. The van der Waals surface area contributed by atoms with E-state index in [-0.39, 0.29) is 0 Å². The smallest absolute Gasteiger partial charge is 0.124 e. The van der Waals surface area contributed by atoms with Gasteiger partial charge in [-0.1, -0.05) is 0 Å². The molecule has 0 fully saturated rings. The summed E-state index contributed by atoms with van der Waals surface area (Å²) in [7, 11) is 0. The van der Waals surface area contributed by atoms with E-state index in [1.54, 1.807) is 23.6 Å². The summed E-state index contributed by atoms with van der Waals surface area (Å²) in [6.07, 6.45) is 1.79. The van der Waals surface area contributed by atoms with Crippen LogP contribution in [0.4, 0.5) is 10.1 Å². The first-order valence-electron chi connectivity index (χ1n) is 4.73. The lowest BCUT2D eigenvalue weighted by molar-refractivity contribution is 0.627. The van der Waals surface area contributed by atoms with Crippen LogP contribution >= 0.6 is 33.9 Å². The van der Waals surface area contributed by atoms with Crippen LogP contribution in [0, 0.1) is 20.0 Å². The summed E-state index contributed by atoms with van der Waals surface area (Å²) in [5.41, 5.74) is 0.926. The first-order valence-corrected chi connectivity index (χ1v) is 6.62. The standard InChI is InChI=1S/C11H7FIN3S/c12-8-1-2-9(7(3-8)4-14)15-6-11-16-5-10(13)17-11/h1-3,5,15H,6H2. The molecule has 1 aromatic carbocycles. The molecule has 0 amide bonds. The van der Waals surface area contributed by atoms with Crippen LogP contribution in [0.5, 0.6) is 0 Å². The average Bonchev–Trinajstić information content (AvgIpc) is 2.73. The third-order valence-electron chi connectivity index (χ3n) is 2.06. The van der Waals surface area contributed by atoms with Gasteiger partial charge in [-0.2, -0.15) is 5.26 Å². The van der Waals surface area contributed by atoms with Gasteiger partial charge in [0.2, 0.25) is 0 Å². The number of rotatable bonds is 3. The number of halogens is 2. The molecule has 0 bridgehead atoms. The van der Waals surface area contributed by atoms with Crippen molar-refractivity contribution in [2.45, 2.75) is 6.54 Å². The van der Waals surface area contributed by atoms with E-state index < -0.39 is 5.82 Å².